The van der Waals surface area contributed by atoms with Gasteiger partial charge in [-0.25, -0.2) is 0 Å². The van der Waals surface area contributed by atoms with Gasteiger partial charge in [0.05, 0.1) is 25.4 Å². The number of aliphatic hydroxyl groups excluding tert-OH is 3. The van der Waals surface area contributed by atoms with E-state index < -0.39 is 5.54 Å². The van der Waals surface area contributed by atoms with E-state index in [4.69, 9.17) is 15.3 Å². The maximum absolute atomic E-state index is 9.12. The van der Waals surface area contributed by atoms with Gasteiger partial charge in [0, 0.05) is 6.04 Å². The van der Waals surface area contributed by atoms with E-state index in [1.54, 1.807) is 0 Å². The minimum absolute atomic E-state index is 0.226. The van der Waals surface area contributed by atoms with Crippen LogP contribution in [-0.4, -0.2) is 46.7 Å². The smallest absolute Gasteiger partial charge is 0.0883 e. The summed E-state index contributed by atoms with van der Waals surface area (Å²) >= 11 is 0. The molecule has 84 valence electrons. The standard InChI is InChI=1S/C10H21NO3/c12-6-10(7-13,8-14)11-9-4-2-1-3-5-9/h9,11-14H,1-8H2. The van der Waals surface area contributed by atoms with Gasteiger partial charge in [0.25, 0.3) is 0 Å². The summed E-state index contributed by atoms with van der Waals surface area (Å²) in [5, 5.41) is 30.5. The topological polar surface area (TPSA) is 72.7 Å². The van der Waals surface area contributed by atoms with Crippen molar-refractivity contribution in [1.29, 1.82) is 0 Å². The summed E-state index contributed by atoms with van der Waals surface area (Å²) in [6.07, 6.45) is 5.79. The van der Waals surface area contributed by atoms with Crippen molar-refractivity contribution in [2.45, 2.75) is 43.7 Å². The van der Waals surface area contributed by atoms with E-state index in [9.17, 15) is 0 Å². The Morgan fingerprint density at radius 1 is 0.929 bits per heavy atom. The summed E-state index contributed by atoms with van der Waals surface area (Å²) in [6, 6.07) is 0.329. The highest BCUT2D eigenvalue weighted by atomic mass is 16.3. The van der Waals surface area contributed by atoms with Crippen molar-refractivity contribution in [3.63, 3.8) is 0 Å². The van der Waals surface area contributed by atoms with Crippen LogP contribution in [0.4, 0.5) is 0 Å². The minimum Gasteiger partial charge on any atom is -0.394 e. The Hall–Kier alpha value is -0.160. The van der Waals surface area contributed by atoms with E-state index >= 15 is 0 Å². The van der Waals surface area contributed by atoms with Crippen LogP contribution in [0.5, 0.6) is 0 Å². The molecule has 0 spiro atoms. The fourth-order valence-electron chi connectivity index (χ4n) is 1.97. The van der Waals surface area contributed by atoms with Crippen molar-refractivity contribution in [1.82, 2.24) is 5.32 Å². The summed E-state index contributed by atoms with van der Waals surface area (Å²) in [6.45, 7) is -0.677. The molecular formula is C10H21NO3. The molecule has 0 aromatic heterocycles. The third-order valence-electron chi connectivity index (χ3n) is 3.02. The first kappa shape index (κ1) is 11.9. The van der Waals surface area contributed by atoms with Crippen molar-refractivity contribution < 1.29 is 15.3 Å². The Morgan fingerprint density at radius 2 is 1.43 bits per heavy atom. The molecule has 0 heterocycles. The van der Waals surface area contributed by atoms with Gasteiger partial charge in [0.1, 0.15) is 0 Å². The molecule has 4 N–H and O–H groups in total. The van der Waals surface area contributed by atoms with E-state index in [1.807, 2.05) is 0 Å². The van der Waals surface area contributed by atoms with Gasteiger partial charge >= 0.3 is 0 Å². The third kappa shape index (κ3) is 2.92. The summed E-state index contributed by atoms with van der Waals surface area (Å²) < 4.78 is 0. The lowest BCUT2D eigenvalue weighted by Crippen LogP contribution is -2.58. The summed E-state index contributed by atoms with van der Waals surface area (Å²) in [5.41, 5.74) is -0.901. The zero-order chi connectivity index (χ0) is 10.4. The van der Waals surface area contributed by atoms with Gasteiger partial charge in [-0.3, -0.25) is 0 Å². The molecule has 1 aliphatic carbocycles. The fraction of sp³-hybridized carbons (Fsp3) is 1.00. The van der Waals surface area contributed by atoms with Gasteiger partial charge in [-0.05, 0) is 12.8 Å². The molecule has 0 bridgehead atoms. The Bertz CT molecular complexity index is 145. The second kappa shape index (κ2) is 5.66. The fourth-order valence-corrected chi connectivity index (χ4v) is 1.97. The second-order valence-corrected chi connectivity index (χ2v) is 4.23. The van der Waals surface area contributed by atoms with Crippen LogP contribution in [-0.2, 0) is 0 Å². The average Bonchev–Trinajstić information content (AvgIpc) is 2.28. The van der Waals surface area contributed by atoms with E-state index in [0.29, 0.717) is 6.04 Å². The first-order chi connectivity index (χ1) is 6.76. The Morgan fingerprint density at radius 3 is 1.86 bits per heavy atom. The Balaban J connectivity index is 2.44. The lowest BCUT2D eigenvalue weighted by Gasteiger charge is -2.35. The van der Waals surface area contributed by atoms with E-state index in [0.717, 1.165) is 12.8 Å². The van der Waals surface area contributed by atoms with Crippen LogP contribution >= 0.6 is 0 Å². The summed E-state index contributed by atoms with van der Waals surface area (Å²) in [4.78, 5) is 0. The first-order valence-corrected chi connectivity index (χ1v) is 5.36. The van der Waals surface area contributed by atoms with Crippen molar-refractivity contribution in [3.05, 3.63) is 0 Å². The van der Waals surface area contributed by atoms with Crippen molar-refractivity contribution in [2.75, 3.05) is 19.8 Å². The molecule has 1 fully saturated rings. The third-order valence-corrected chi connectivity index (χ3v) is 3.02. The molecule has 0 amide bonds. The quantitative estimate of drug-likeness (QED) is 0.492. The monoisotopic (exact) mass is 203 g/mol. The molecule has 0 atom stereocenters. The highest BCUT2D eigenvalue weighted by molar-refractivity contribution is 4.90. The highest BCUT2D eigenvalue weighted by Gasteiger charge is 2.30. The number of rotatable bonds is 5. The lowest BCUT2D eigenvalue weighted by molar-refractivity contribution is 0.0306. The lowest BCUT2D eigenvalue weighted by atomic mass is 9.92. The predicted molar refractivity (Wildman–Crippen MR) is 54.0 cm³/mol. The molecule has 0 aromatic carbocycles. The van der Waals surface area contributed by atoms with Crippen LogP contribution in [0.3, 0.4) is 0 Å². The molecule has 0 radical (unpaired) electrons. The predicted octanol–water partition coefficient (Wildman–Crippen LogP) is -0.376. The molecule has 0 unspecified atom stereocenters. The van der Waals surface area contributed by atoms with E-state index in [1.165, 1.54) is 19.3 Å². The van der Waals surface area contributed by atoms with Gasteiger partial charge in [-0.1, -0.05) is 19.3 Å². The average molecular weight is 203 g/mol. The SMILES string of the molecule is OCC(CO)(CO)NC1CCCCC1. The molecule has 0 aliphatic heterocycles. The first-order valence-electron chi connectivity index (χ1n) is 5.36. The summed E-state index contributed by atoms with van der Waals surface area (Å²) in [5.74, 6) is 0. The molecule has 0 aromatic rings. The molecular weight excluding hydrogens is 182 g/mol. The van der Waals surface area contributed by atoms with Crippen molar-refractivity contribution >= 4 is 0 Å². The zero-order valence-corrected chi connectivity index (χ0v) is 8.58. The molecule has 1 saturated carbocycles. The number of hydrogen-bond acceptors (Lipinski definition) is 4. The molecule has 1 rings (SSSR count). The van der Waals surface area contributed by atoms with Crippen LogP contribution in [0, 0.1) is 0 Å². The van der Waals surface area contributed by atoms with Crippen LogP contribution in [0.1, 0.15) is 32.1 Å². The van der Waals surface area contributed by atoms with Crippen molar-refractivity contribution in [3.8, 4) is 0 Å². The Kier molecular flexibility index (Phi) is 4.81. The molecule has 1 aliphatic rings. The molecule has 4 heteroatoms. The van der Waals surface area contributed by atoms with Crippen molar-refractivity contribution in [2.24, 2.45) is 0 Å². The van der Waals surface area contributed by atoms with E-state index in [-0.39, 0.29) is 19.8 Å². The minimum atomic E-state index is -0.901. The van der Waals surface area contributed by atoms with Crippen LogP contribution in [0.15, 0.2) is 0 Å². The molecule has 4 nitrogen and oxygen atoms in total. The Labute approximate surface area is 85.0 Å². The van der Waals surface area contributed by atoms with Crippen LogP contribution in [0.2, 0.25) is 0 Å². The highest BCUT2D eigenvalue weighted by Crippen LogP contribution is 2.19. The number of hydrogen-bond donors (Lipinski definition) is 4. The molecule has 0 saturated heterocycles. The zero-order valence-electron chi connectivity index (χ0n) is 8.58. The number of aliphatic hydroxyl groups is 3. The summed E-state index contributed by atoms with van der Waals surface area (Å²) in [7, 11) is 0. The van der Waals surface area contributed by atoms with Gasteiger partial charge < -0.3 is 20.6 Å². The largest absolute Gasteiger partial charge is 0.394 e. The van der Waals surface area contributed by atoms with Gasteiger partial charge in [-0.15, -0.1) is 0 Å². The van der Waals surface area contributed by atoms with E-state index in [2.05, 4.69) is 5.32 Å². The molecule has 14 heavy (non-hydrogen) atoms. The maximum atomic E-state index is 9.12. The van der Waals surface area contributed by atoms with Gasteiger partial charge in [-0.2, -0.15) is 0 Å². The normalized spacial score (nSPS) is 19.9. The van der Waals surface area contributed by atoms with Crippen LogP contribution in [0.25, 0.3) is 0 Å². The van der Waals surface area contributed by atoms with Crippen LogP contribution < -0.4 is 5.32 Å². The van der Waals surface area contributed by atoms with Gasteiger partial charge in [0.15, 0.2) is 0 Å². The number of nitrogens with one attached hydrogen (secondary N) is 1. The maximum Gasteiger partial charge on any atom is 0.0883 e. The van der Waals surface area contributed by atoms with Gasteiger partial charge in [0.2, 0.25) is 0 Å². The second-order valence-electron chi connectivity index (χ2n) is 4.23.